The summed E-state index contributed by atoms with van der Waals surface area (Å²) in [4.78, 5) is 33.9. The van der Waals surface area contributed by atoms with Crippen molar-refractivity contribution in [3.8, 4) is 5.75 Å². The highest BCUT2D eigenvalue weighted by atomic mass is 32.1. The lowest BCUT2D eigenvalue weighted by molar-refractivity contribution is -0.148. The third-order valence-electron chi connectivity index (χ3n) is 8.85. The molecule has 1 aliphatic heterocycles. The first-order valence-electron chi connectivity index (χ1n) is 13.2. The van der Waals surface area contributed by atoms with Gasteiger partial charge in [-0.3, -0.25) is 14.9 Å². The van der Waals surface area contributed by atoms with Gasteiger partial charge in [0, 0.05) is 35.4 Å². The Morgan fingerprint density at radius 1 is 1.27 bits per heavy atom. The van der Waals surface area contributed by atoms with E-state index in [0.29, 0.717) is 42.7 Å². The Morgan fingerprint density at radius 3 is 2.65 bits per heavy atom. The molecule has 2 heterocycles. The van der Waals surface area contributed by atoms with Gasteiger partial charge in [0.25, 0.3) is 5.91 Å². The maximum absolute atomic E-state index is 13.2. The van der Waals surface area contributed by atoms with Crippen LogP contribution in [-0.4, -0.2) is 66.3 Å². The van der Waals surface area contributed by atoms with Crippen LogP contribution in [0, 0.1) is 23.2 Å². The molecule has 1 aromatic carbocycles. The van der Waals surface area contributed by atoms with Gasteiger partial charge in [0.1, 0.15) is 5.75 Å². The number of nitrogens with zero attached hydrogens (tertiary/aromatic N) is 2. The fourth-order valence-corrected chi connectivity index (χ4v) is 8.03. The van der Waals surface area contributed by atoms with Gasteiger partial charge in [0.15, 0.2) is 5.13 Å². The van der Waals surface area contributed by atoms with Gasteiger partial charge in [-0.1, -0.05) is 20.8 Å². The molecule has 5 rings (SSSR count). The first kappa shape index (κ1) is 26.1. The predicted molar refractivity (Wildman–Crippen MR) is 142 cm³/mol. The van der Waals surface area contributed by atoms with E-state index in [-0.39, 0.29) is 40.9 Å². The summed E-state index contributed by atoms with van der Waals surface area (Å²) in [6.45, 7) is 8.77. The summed E-state index contributed by atoms with van der Waals surface area (Å²) in [6, 6.07) is 6.99. The largest absolute Gasteiger partial charge is 0.497 e. The summed E-state index contributed by atoms with van der Waals surface area (Å²) in [6.07, 6.45) is 2.02. The monoisotopic (exact) mass is 527 g/mol. The van der Waals surface area contributed by atoms with E-state index in [1.165, 1.54) is 16.2 Å². The van der Waals surface area contributed by atoms with E-state index in [2.05, 4.69) is 19.2 Å². The first-order valence-corrected chi connectivity index (χ1v) is 14.0. The van der Waals surface area contributed by atoms with E-state index < -0.39 is 6.10 Å². The first-order chi connectivity index (χ1) is 17.7. The summed E-state index contributed by atoms with van der Waals surface area (Å²) >= 11 is 1.53. The zero-order valence-corrected chi connectivity index (χ0v) is 22.8. The third kappa shape index (κ3) is 4.89. The fraction of sp³-hybridized carbons (Fsp3) is 0.607. The molecule has 2 aliphatic carbocycles. The van der Waals surface area contributed by atoms with Crippen molar-refractivity contribution in [3.05, 3.63) is 40.4 Å². The van der Waals surface area contributed by atoms with E-state index in [4.69, 9.17) is 14.5 Å². The number of hydrogen-bond acceptors (Lipinski definition) is 7. The standard InChI is InChI=1S/C28H37N3O5S/c1-16(26(34)31-11-13-36-14-12-31)20-9-10-28(3)15-21-23(17(2)22(28)24(20)32)29-27(37-21)30-25(33)18-5-7-19(35-4)8-6-18/h5-8,16-17,20,22,24,32H,9-15H2,1-4H3,(H,29,30,33)/t16-,17-,20-,22+,24-,28+/m0/s1. The molecule has 0 radical (unpaired) electrons. The lowest BCUT2D eigenvalue weighted by atomic mass is 9.53. The normalized spacial score (nSPS) is 30.1. The van der Waals surface area contributed by atoms with Gasteiger partial charge in [-0.15, -0.1) is 11.3 Å². The highest BCUT2D eigenvalue weighted by Gasteiger charge is 2.54. The molecule has 9 heteroatoms. The number of rotatable bonds is 5. The third-order valence-corrected chi connectivity index (χ3v) is 9.84. The van der Waals surface area contributed by atoms with Gasteiger partial charge < -0.3 is 19.5 Å². The molecule has 3 aliphatic rings. The van der Waals surface area contributed by atoms with Crippen LogP contribution in [0.25, 0.3) is 0 Å². The molecule has 1 aromatic heterocycles. The van der Waals surface area contributed by atoms with Crippen molar-refractivity contribution in [3.63, 3.8) is 0 Å². The topological polar surface area (TPSA) is 101 Å². The van der Waals surface area contributed by atoms with Crippen LogP contribution in [-0.2, 0) is 16.0 Å². The van der Waals surface area contributed by atoms with E-state index in [9.17, 15) is 14.7 Å². The molecule has 2 N–H and O–H groups in total. The van der Waals surface area contributed by atoms with Gasteiger partial charge in [0.2, 0.25) is 5.91 Å². The van der Waals surface area contributed by atoms with Gasteiger partial charge in [-0.05, 0) is 60.8 Å². The number of anilines is 1. The number of aliphatic hydroxyl groups is 1. The van der Waals surface area contributed by atoms with Crippen LogP contribution < -0.4 is 10.1 Å². The number of aromatic nitrogens is 1. The number of carbonyl (C=O) groups excluding carboxylic acids is 2. The fourth-order valence-electron chi connectivity index (χ4n) is 6.77. The number of thiazole rings is 1. The highest BCUT2D eigenvalue weighted by molar-refractivity contribution is 7.15. The van der Waals surface area contributed by atoms with Crippen molar-refractivity contribution in [1.29, 1.82) is 0 Å². The summed E-state index contributed by atoms with van der Waals surface area (Å²) in [5, 5.41) is 15.2. The molecule has 200 valence electrons. The molecule has 2 fully saturated rings. The minimum atomic E-state index is -0.582. The molecule has 6 atom stereocenters. The quantitative estimate of drug-likeness (QED) is 0.611. The minimum absolute atomic E-state index is 0.00549. The molecule has 8 nitrogen and oxygen atoms in total. The molecule has 1 saturated heterocycles. The van der Waals surface area contributed by atoms with E-state index in [1.807, 2.05) is 11.8 Å². The molecule has 0 bridgehead atoms. The average molecular weight is 528 g/mol. The maximum Gasteiger partial charge on any atom is 0.257 e. The Kier molecular flexibility index (Phi) is 7.31. The number of methoxy groups -OCH3 is 1. The molecule has 0 spiro atoms. The van der Waals surface area contributed by atoms with Crippen LogP contribution in [0.4, 0.5) is 5.13 Å². The van der Waals surface area contributed by atoms with Crippen LogP contribution in [0.1, 0.15) is 60.5 Å². The lowest BCUT2D eigenvalue weighted by Gasteiger charge is -2.53. The Bertz CT molecular complexity index is 1150. The number of morpholine rings is 1. The van der Waals surface area contributed by atoms with Crippen LogP contribution >= 0.6 is 11.3 Å². The second-order valence-corrected chi connectivity index (χ2v) is 12.2. The molecular weight excluding hydrogens is 490 g/mol. The van der Waals surface area contributed by atoms with E-state index in [0.717, 1.165) is 25.0 Å². The zero-order chi connectivity index (χ0) is 26.3. The number of fused-ring (bicyclic) bond motifs is 2. The number of carbonyl (C=O) groups is 2. The molecular formula is C28H37N3O5S. The number of amides is 2. The second kappa shape index (κ2) is 10.3. The number of benzene rings is 1. The molecule has 2 aromatic rings. The number of ether oxygens (including phenoxy) is 2. The number of aliphatic hydroxyl groups excluding tert-OH is 1. The van der Waals surface area contributed by atoms with E-state index >= 15 is 0 Å². The second-order valence-electron chi connectivity index (χ2n) is 11.1. The van der Waals surface area contributed by atoms with E-state index in [1.54, 1.807) is 31.4 Å². The average Bonchev–Trinajstić information content (AvgIpc) is 3.30. The summed E-state index contributed by atoms with van der Waals surface area (Å²) in [7, 11) is 1.59. The highest BCUT2D eigenvalue weighted by Crippen LogP contribution is 2.57. The number of nitrogens with one attached hydrogen (secondary N) is 1. The van der Waals surface area contributed by atoms with Crippen LogP contribution in [0.2, 0.25) is 0 Å². The van der Waals surface area contributed by atoms with Crippen molar-refractivity contribution >= 4 is 28.3 Å². The van der Waals surface area contributed by atoms with Crippen molar-refractivity contribution in [1.82, 2.24) is 9.88 Å². The smallest absolute Gasteiger partial charge is 0.257 e. The molecule has 1 saturated carbocycles. The molecule has 0 unspecified atom stereocenters. The van der Waals surface area contributed by atoms with Crippen molar-refractivity contribution in [2.24, 2.45) is 23.2 Å². The minimum Gasteiger partial charge on any atom is -0.497 e. The van der Waals surface area contributed by atoms with Gasteiger partial charge in [-0.25, -0.2) is 4.98 Å². The summed E-state index contributed by atoms with van der Waals surface area (Å²) < 4.78 is 10.6. The molecule has 37 heavy (non-hydrogen) atoms. The van der Waals surface area contributed by atoms with Crippen molar-refractivity contribution < 1.29 is 24.2 Å². The maximum atomic E-state index is 13.2. The predicted octanol–water partition coefficient (Wildman–Crippen LogP) is 3.95. The van der Waals surface area contributed by atoms with Crippen molar-refractivity contribution in [2.75, 3.05) is 38.7 Å². The summed E-state index contributed by atoms with van der Waals surface area (Å²) in [5.41, 5.74) is 1.43. The van der Waals surface area contributed by atoms with Crippen LogP contribution in [0.15, 0.2) is 24.3 Å². The Labute approximate surface area is 222 Å². The van der Waals surface area contributed by atoms with Crippen LogP contribution in [0.5, 0.6) is 5.75 Å². The lowest BCUT2D eigenvalue weighted by Crippen LogP contribution is -2.54. The Morgan fingerprint density at radius 2 is 1.97 bits per heavy atom. The van der Waals surface area contributed by atoms with Gasteiger partial charge >= 0.3 is 0 Å². The van der Waals surface area contributed by atoms with Gasteiger partial charge in [-0.2, -0.15) is 0 Å². The number of hydrogen-bond donors (Lipinski definition) is 2. The zero-order valence-electron chi connectivity index (χ0n) is 22.0. The van der Waals surface area contributed by atoms with Crippen LogP contribution in [0.3, 0.4) is 0 Å². The Balaban J connectivity index is 1.32. The molecule has 2 amide bonds. The summed E-state index contributed by atoms with van der Waals surface area (Å²) in [5.74, 6) is 0.332. The Hall–Kier alpha value is -2.49. The van der Waals surface area contributed by atoms with Crippen molar-refractivity contribution in [2.45, 2.75) is 52.1 Å². The SMILES string of the molecule is COc1ccc(C(=O)Nc2nc3c(s2)C[C@@]2(C)CC[C@@H]([C@H](C)C(=O)N4CCOCC4)[C@H](O)[C@H]2[C@@H]3C)cc1. The van der Waals surface area contributed by atoms with Gasteiger partial charge in [0.05, 0.1) is 32.1 Å².